The molecule has 0 aliphatic heterocycles. The summed E-state index contributed by atoms with van der Waals surface area (Å²) in [5.74, 6) is 0. The maximum Gasteiger partial charge on any atom is 0.0485 e. The van der Waals surface area contributed by atoms with E-state index in [1.54, 1.807) is 0 Å². The third kappa shape index (κ3) is 2.55. The summed E-state index contributed by atoms with van der Waals surface area (Å²) >= 11 is 0. The lowest BCUT2D eigenvalue weighted by atomic mass is 10.0. The first-order valence-corrected chi connectivity index (χ1v) is 7.19. The predicted molar refractivity (Wildman–Crippen MR) is 86.2 cm³/mol. The molecular formula is C18H20N2. The normalized spacial score (nSPS) is 12.5. The molecule has 3 aromatic rings. The zero-order chi connectivity index (χ0) is 13.9. The minimum Gasteiger partial charge on any atom is -0.379 e. The Balaban J connectivity index is 1.78. The van der Waals surface area contributed by atoms with Gasteiger partial charge in [0.25, 0.3) is 0 Å². The average Bonchev–Trinajstić information content (AvgIpc) is 2.95. The second-order valence-electron chi connectivity index (χ2n) is 5.24. The lowest BCUT2D eigenvalue weighted by Gasteiger charge is -2.16. The smallest absolute Gasteiger partial charge is 0.0485 e. The quantitative estimate of drug-likeness (QED) is 0.689. The van der Waals surface area contributed by atoms with E-state index in [9.17, 15) is 0 Å². The number of aryl methyl sites for hydroxylation is 1. The Bertz CT molecular complexity index is 695. The summed E-state index contributed by atoms with van der Waals surface area (Å²) in [5.41, 5.74) is 5.03. The summed E-state index contributed by atoms with van der Waals surface area (Å²) in [6.45, 7) is 4.38. The number of anilines is 1. The maximum atomic E-state index is 3.56. The molecule has 0 radical (unpaired) electrons. The topological polar surface area (TPSA) is 27.8 Å². The zero-order valence-corrected chi connectivity index (χ0v) is 12.0. The SMILES string of the molecule is CCc1ccc(C(C)Nc2ccc3[nH]ccc3c2)cc1. The second kappa shape index (κ2) is 5.41. The van der Waals surface area contributed by atoms with Crippen LogP contribution in [0.5, 0.6) is 0 Å². The molecule has 2 heteroatoms. The van der Waals surface area contributed by atoms with Crippen molar-refractivity contribution in [2.75, 3.05) is 5.32 Å². The van der Waals surface area contributed by atoms with Crippen LogP contribution in [0, 0.1) is 0 Å². The Morgan fingerprint density at radius 1 is 1.05 bits per heavy atom. The minimum absolute atomic E-state index is 0.303. The monoisotopic (exact) mass is 264 g/mol. The van der Waals surface area contributed by atoms with Gasteiger partial charge in [-0.05, 0) is 48.7 Å². The van der Waals surface area contributed by atoms with Crippen molar-refractivity contribution in [2.45, 2.75) is 26.3 Å². The molecular weight excluding hydrogens is 244 g/mol. The van der Waals surface area contributed by atoms with Crippen LogP contribution in [0.25, 0.3) is 10.9 Å². The maximum absolute atomic E-state index is 3.56. The fourth-order valence-corrected chi connectivity index (χ4v) is 2.52. The summed E-state index contributed by atoms with van der Waals surface area (Å²) in [6, 6.07) is 17.7. The van der Waals surface area contributed by atoms with Crippen molar-refractivity contribution in [3.63, 3.8) is 0 Å². The molecule has 1 atom stereocenters. The third-order valence-corrected chi connectivity index (χ3v) is 3.82. The van der Waals surface area contributed by atoms with Gasteiger partial charge in [-0.2, -0.15) is 0 Å². The fraction of sp³-hybridized carbons (Fsp3) is 0.222. The van der Waals surface area contributed by atoms with Gasteiger partial charge in [0, 0.05) is 28.8 Å². The summed E-state index contributed by atoms with van der Waals surface area (Å²) in [7, 11) is 0. The summed E-state index contributed by atoms with van der Waals surface area (Å²) in [5, 5.41) is 4.80. The Morgan fingerprint density at radius 2 is 1.85 bits per heavy atom. The molecule has 2 aromatic carbocycles. The first-order chi connectivity index (χ1) is 9.76. The summed E-state index contributed by atoms with van der Waals surface area (Å²) in [6.07, 6.45) is 3.06. The van der Waals surface area contributed by atoms with Gasteiger partial charge in [-0.25, -0.2) is 0 Å². The highest BCUT2D eigenvalue weighted by atomic mass is 14.9. The van der Waals surface area contributed by atoms with Gasteiger partial charge in [0.2, 0.25) is 0 Å². The van der Waals surface area contributed by atoms with Gasteiger partial charge in [0.05, 0.1) is 0 Å². The molecule has 20 heavy (non-hydrogen) atoms. The second-order valence-corrected chi connectivity index (χ2v) is 5.24. The van der Waals surface area contributed by atoms with Crippen LogP contribution in [0.2, 0.25) is 0 Å². The van der Waals surface area contributed by atoms with Gasteiger partial charge in [0.1, 0.15) is 0 Å². The van der Waals surface area contributed by atoms with Gasteiger partial charge < -0.3 is 10.3 Å². The molecule has 2 N–H and O–H groups in total. The molecule has 3 rings (SSSR count). The number of hydrogen-bond donors (Lipinski definition) is 2. The van der Waals surface area contributed by atoms with Crippen molar-refractivity contribution in [3.05, 3.63) is 65.9 Å². The molecule has 0 aliphatic carbocycles. The predicted octanol–water partition coefficient (Wildman–Crippen LogP) is 4.90. The third-order valence-electron chi connectivity index (χ3n) is 3.82. The van der Waals surface area contributed by atoms with Crippen LogP contribution in [-0.4, -0.2) is 4.98 Å². The molecule has 0 spiro atoms. The van der Waals surface area contributed by atoms with E-state index in [-0.39, 0.29) is 0 Å². The molecule has 1 unspecified atom stereocenters. The van der Waals surface area contributed by atoms with E-state index >= 15 is 0 Å². The van der Waals surface area contributed by atoms with E-state index in [0.717, 1.165) is 12.1 Å². The minimum atomic E-state index is 0.303. The van der Waals surface area contributed by atoms with Crippen LogP contribution in [0.4, 0.5) is 5.69 Å². The van der Waals surface area contributed by atoms with E-state index in [1.165, 1.54) is 22.0 Å². The molecule has 102 valence electrons. The van der Waals surface area contributed by atoms with E-state index in [2.05, 4.69) is 72.7 Å². The highest BCUT2D eigenvalue weighted by Crippen LogP contribution is 2.23. The molecule has 0 saturated carbocycles. The number of H-pyrrole nitrogens is 1. The molecule has 0 fully saturated rings. The number of aromatic nitrogens is 1. The molecule has 2 nitrogen and oxygen atoms in total. The summed E-state index contributed by atoms with van der Waals surface area (Å²) in [4.78, 5) is 3.22. The van der Waals surface area contributed by atoms with Crippen molar-refractivity contribution in [1.82, 2.24) is 4.98 Å². The Hall–Kier alpha value is -2.22. The first kappa shape index (κ1) is 12.8. The van der Waals surface area contributed by atoms with Crippen molar-refractivity contribution in [2.24, 2.45) is 0 Å². The van der Waals surface area contributed by atoms with Crippen LogP contribution < -0.4 is 5.32 Å². The number of aromatic amines is 1. The highest BCUT2D eigenvalue weighted by Gasteiger charge is 2.05. The van der Waals surface area contributed by atoms with Crippen molar-refractivity contribution < 1.29 is 0 Å². The molecule has 1 heterocycles. The number of rotatable bonds is 4. The summed E-state index contributed by atoms with van der Waals surface area (Å²) < 4.78 is 0. The van der Waals surface area contributed by atoms with Crippen molar-refractivity contribution in [1.29, 1.82) is 0 Å². The molecule has 0 saturated heterocycles. The molecule has 0 bridgehead atoms. The Morgan fingerprint density at radius 3 is 2.60 bits per heavy atom. The van der Waals surface area contributed by atoms with Gasteiger partial charge in [-0.3, -0.25) is 0 Å². The van der Waals surface area contributed by atoms with Crippen LogP contribution >= 0.6 is 0 Å². The fourth-order valence-electron chi connectivity index (χ4n) is 2.52. The molecule has 0 aliphatic rings. The van der Waals surface area contributed by atoms with E-state index in [1.807, 2.05) is 6.20 Å². The highest BCUT2D eigenvalue weighted by molar-refractivity contribution is 5.83. The molecule has 1 aromatic heterocycles. The van der Waals surface area contributed by atoms with E-state index in [0.29, 0.717) is 6.04 Å². The number of nitrogens with one attached hydrogen (secondary N) is 2. The van der Waals surface area contributed by atoms with Crippen LogP contribution in [0.3, 0.4) is 0 Å². The van der Waals surface area contributed by atoms with Gasteiger partial charge >= 0.3 is 0 Å². The Labute approximate surface area is 119 Å². The molecule has 0 amide bonds. The van der Waals surface area contributed by atoms with Crippen molar-refractivity contribution >= 4 is 16.6 Å². The largest absolute Gasteiger partial charge is 0.379 e. The van der Waals surface area contributed by atoms with Gasteiger partial charge in [-0.1, -0.05) is 31.2 Å². The van der Waals surface area contributed by atoms with E-state index < -0.39 is 0 Å². The van der Waals surface area contributed by atoms with Gasteiger partial charge in [0.15, 0.2) is 0 Å². The van der Waals surface area contributed by atoms with Crippen LogP contribution in [0.1, 0.15) is 31.0 Å². The zero-order valence-electron chi connectivity index (χ0n) is 12.0. The average molecular weight is 264 g/mol. The lowest BCUT2D eigenvalue weighted by molar-refractivity contribution is 0.883. The number of benzene rings is 2. The van der Waals surface area contributed by atoms with Crippen molar-refractivity contribution in [3.8, 4) is 0 Å². The van der Waals surface area contributed by atoms with Crippen LogP contribution in [0.15, 0.2) is 54.7 Å². The Kier molecular flexibility index (Phi) is 3.46. The van der Waals surface area contributed by atoms with Gasteiger partial charge in [-0.15, -0.1) is 0 Å². The van der Waals surface area contributed by atoms with Crippen LogP contribution in [-0.2, 0) is 6.42 Å². The number of hydrogen-bond acceptors (Lipinski definition) is 1. The number of fused-ring (bicyclic) bond motifs is 1. The standard InChI is InChI=1S/C18H20N2/c1-3-14-4-6-15(7-5-14)13(2)20-17-8-9-18-16(12-17)10-11-19-18/h4-13,19-20H,3H2,1-2H3. The first-order valence-electron chi connectivity index (χ1n) is 7.19. The lowest BCUT2D eigenvalue weighted by Crippen LogP contribution is -2.06. The van der Waals surface area contributed by atoms with E-state index in [4.69, 9.17) is 0 Å².